The molecule has 0 saturated carbocycles. The van der Waals surface area contributed by atoms with E-state index in [9.17, 15) is 4.79 Å². The number of carbonyl (C=O) groups excluding carboxylic acids is 1. The molecule has 2 aromatic rings. The molecule has 0 aliphatic carbocycles. The monoisotopic (exact) mass is 243 g/mol. The zero-order valence-corrected chi connectivity index (χ0v) is 10.4. The number of aromatic nitrogens is 1. The third-order valence-electron chi connectivity index (χ3n) is 3.61. The molecule has 4 nitrogen and oxygen atoms in total. The molecule has 4 heteroatoms. The molecule has 1 aromatic heterocycles. The molecular weight excluding hydrogens is 226 g/mol. The molecule has 3 rings (SSSR count). The molecule has 1 atom stereocenters. The molecule has 1 aliphatic rings. The van der Waals surface area contributed by atoms with Crippen molar-refractivity contribution in [2.24, 2.45) is 0 Å². The number of fused-ring (bicyclic) bond motifs is 1. The van der Waals surface area contributed by atoms with Gasteiger partial charge in [-0.05, 0) is 11.6 Å². The third-order valence-corrected chi connectivity index (χ3v) is 3.61. The Hall–Kier alpha value is -1.81. The van der Waals surface area contributed by atoms with Crippen LogP contribution in [0.4, 0.5) is 0 Å². The molecule has 1 unspecified atom stereocenters. The van der Waals surface area contributed by atoms with Gasteiger partial charge in [-0.1, -0.05) is 18.2 Å². The minimum atomic E-state index is 0.206. The minimum absolute atomic E-state index is 0.206. The van der Waals surface area contributed by atoms with Crippen LogP contribution in [0, 0.1) is 0 Å². The van der Waals surface area contributed by atoms with Crippen LogP contribution in [0.1, 0.15) is 18.0 Å². The molecule has 0 bridgehead atoms. The highest BCUT2D eigenvalue weighted by Crippen LogP contribution is 2.25. The molecule has 1 fully saturated rings. The number of likely N-dealkylation sites (N-methyl/N-ethyl adjacent to an activating group) is 1. The van der Waals surface area contributed by atoms with Crippen LogP contribution in [0.25, 0.3) is 10.9 Å². The Bertz CT molecular complexity index is 575. The third kappa shape index (κ3) is 1.88. The summed E-state index contributed by atoms with van der Waals surface area (Å²) in [7, 11) is 1.87. The van der Waals surface area contributed by atoms with Crippen LogP contribution in [-0.2, 0) is 4.79 Å². The first-order valence-corrected chi connectivity index (χ1v) is 6.29. The molecule has 1 amide bonds. The fraction of sp³-hybridized carbons (Fsp3) is 0.357. The summed E-state index contributed by atoms with van der Waals surface area (Å²) >= 11 is 0. The van der Waals surface area contributed by atoms with Gasteiger partial charge in [0.15, 0.2) is 0 Å². The topological polar surface area (TPSA) is 48.1 Å². The average Bonchev–Trinajstić information content (AvgIpc) is 2.73. The second-order valence-corrected chi connectivity index (χ2v) is 4.82. The molecule has 2 N–H and O–H groups in total. The van der Waals surface area contributed by atoms with E-state index in [1.54, 1.807) is 0 Å². The van der Waals surface area contributed by atoms with Crippen molar-refractivity contribution in [1.82, 2.24) is 15.2 Å². The van der Waals surface area contributed by atoms with E-state index < -0.39 is 0 Å². The van der Waals surface area contributed by atoms with Gasteiger partial charge in [0.25, 0.3) is 0 Å². The minimum Gasteiger partial charge on any atom is -0.361 e. The maximum Gasteiger partial charge on any atom is 0.223 e. The number of nitrogens with zero attached hydrogens (tertiary/aromatic N) is 1. The number of nitrogens with one attached hydrogen (secondary N) is 2. The van der Waals surface area contributed by atoms with Gasteiger partial charge in [-0.15, -0.1) is 0 Å². The van der Waals surface area contributed by atoms with E-state index in [-0.39, 0.29) is 11.9 Å². The number of hydrogen-bond acceptors (Lipinski definition) is 2. The molecule has 1 aliphatic heterocycles. The highest BCUT2D eigenvalue weighted by atomic mass is 16.2. The lowest BCUT2D eigenvalue weighted by atomic mass is 10.1. The Balaban J connectivity index is 1.96. The first-order valence-electron chi connectivity index (χ1n) is 6.29. The second-order valence-electron chi connectivity index (χ2n) is 4.82. The number of aromatic amines is 1. The zero-order valence-electron chi connectivity index (χ0n) is 10.4. The van der Waals surface area contributed by atoms with Gasteiger partial charge in [0, 0.05) is 43.7 Å². The van der Waals surface area contributed by atoms with Crippen molar-refractivity contribution >= 4 is 16.8 Å². The number of carbonyl (C=O) groups is 1. The molecule has 94 valence electrons. The number of rotatable bonds is 1. The summed E-state index contributed by atoms with van der Waals surface area (Å²) in [5.41, 5.74) is 2.39. The zero-order chi connectivity index (χ0) is 12.5. The summed E-state index contributed by atoms with van der Waals surface area (Å²) in [6.45, 7) is 1.47. The average molecular weight is 243 g/mol. The van der Waals surface area contributed by atoms with Crippen molar-refractivity contribution in [3.05, 3.63) is 36.0 Å². The van der Waals surface area contributed by atoms with E-state index in [0.29, 0.717) is 6.42 Å². The number of H-pyrrole nitrogens is 1. The van der Waals surface area contributed by atoms with Crippen molar-refractivity contribution in [2.45, 2.75) is 12.5 Å². The predicted octanol–water partition coefficient (Wildman–Crippen LogP) is 1.66. The molecule has 2 heterocycles. The first kappa shape index (κ1) is 11.3. The van der Waals surface area contributed by atoms with Gasteiger partial charge in [-0.3, -0.25) is 4.79 Å². The quantitative estimate of drug-likeness (QED) is 0.800. The van der Waals surface area contributed by atoms with E-state index >= 15 is 0 Å². The molecule has 18 heavy (non-hydrogen) atoms. The Morgan fingerprint density at radius 3 is 3.06 bits per heavy atom. The molecule has 1 aromatic carbocycles. The lowest BCUT2D eigenvalue weighted by Gasteiger charge is -2.20. The van der Waals surface area contributed by atoms with Gasteiger partial charge in [0.1, 0.15) is 0 Å². The van der Waals surface area contributed by atoms with Gasteiger partial charge in [0.2, 0.25) is 5.91 Å². The van der Waals surface area contributed by atoms with Gasteiger partial charge in [-0.25, -0.2) is 0 Å². The Kier molecular flexibility index (Phi) is 2.80. The van der Waals surface area contributed by atoms with Crippen LogP contribution in [0.2, 0.25) is 0 Å². The van der Waals surface area contributed by atoms with E-state index in [4.69, 9.17) is 0 Å². The van der Waals surface area contributed by atoms with Crippen LogP contribution in [0.3, 0.4) is 0 Å². The number of para-hydroxylation sites is 1. The number of benzene rings is 1. The second kappa shape index (κ2) is 4.46. The number of hydrogen-bond donors (Lipinski definition) is 2. The lowest BCUT2D eigenvalue weighted by molar-refractivity contribution is -0.129. The Labute approximate surface area is 106 Å². The van der Waals surface area contributed by atoms with Gasteiger partial charge >= 0.3 is 0 Å². The van der Waals surface area contributed by atoms with Crippen LogP contribution >= 0.6 is 0 Å². The predicted molar refractivity (Wildman–Crippen MR) is 71.3 cm³/mol. The smallest absolute Gasteiger partial charge is 0.223 e. The Morgan fingerprint density at radius 1 is 1.33 bits per heavy atom. The summed E-state index contributed by atoms with van der Waals surface area (Å²) in [5.74, 6) is 0.213. The largest absolute Gasteiger partial charge is 0.361 e. The molecule has 1 saturated heterocycles. The van der Waals surface area contributed by atoms with Gasteiger partial charge < -0.3 is 15.2 Å². The fourth-order valence-corrected chi connectivity index (χ4v) is 2.57. The maximum absolute atomic E-state index is 11.7. The van der Waals surface area contributed by atoms with E-state index in [0.717, 1.165) is 18.6 Å². The van der Waals surface area contributed by atoms with Gasteiger partial charge in [-0.2, -0.15) is 0 Å². The van der Waals surface area contributed by atoms with Crippen molar-refractivity contribution in [3.63, 3.8) is 0 Å². The van der Waals surface area contributed by atoms with E-state index in [1.165, 1.54) is 10.9 Å². The fourth-order valence-electron chi connectivity index (χ4n) is 2.57. The number of amides is 1. The molecule has 0 spiro atoms. The lowest BCUT2D eigenvalue weighted by Crippen LogP contribution is -2.30. The maximum atomic E-state index is 11.7. The van der Waals surface area contributed by atoms with Crippen LogP contribution in [0.15, 0.2) is 30.5 Å². The van der Waals surface area contributed by atoms with Crippen LogP contribution in [-0.4, -0.2) is 35.9 Å². The Morgan fingerprint density at radius 2 is 2.17 bits per heavy atom. The van der Waals surface area contributed by atoms with Crippen LogP contribution in [0.5, 0.6) is 0 Å². The van der Waals surface area contributed by atoms with Gasteiger partial charge in [0.05, 0.1) is 6.04 Å². The van der Waals surface area contributed by atoms with Crippen molar-refractivity contribution < 1.29 is 4.79 Å². The highest BCUT2D eigenvalue weighted by molar-refractivity contribution is 5.84. The first-order chi connectivity index (χ1) is 8.75. The summed E-state index contributed by atoms with van der Waals surface area (Å²) in [6, 6.07) is 8.47. The van der Waals surface area contributed by atoms with Crippen molar-refractivity contribution in [1.29, 1.82) is 0 Å². The van der Waals surface area contributed by atoms with E-state index in [2.05, 4.69) is 22.4 Å². The SMILES string of the molecule is CN1CC(c2c[nH]c3ccccc23)NCCC1=O. The summed E-state index contributed by atoms with van der Waals surface area (Å²) in [6.07, 6.45) is 2.63. The van der Waals surface area contributed by atoms with Crippen molar-refractivity contribution in [3.8, 4) is 0 Å². The summed E-state index contributed by atoms with van der Waals surface area (Å²) in [5, 5.41) is 4.69. The van der Waals surface area contributed by atoms with Crippen LogP contribution < -0.4 is 5.32 Å². The molecular formula is C14H17N3O. The normalized spacial score (nSPS) is 21.3. The molecule has 0 radical (unpaired) electrons. The standard InChI is InChI=1S/C14H17N3O/c1-17-9-13(15-7-6-14(17)18)11-8-16-12-5-3-2-4-10(11)12/h2-5,8,13,15-16H,6-7,9H2,1H3. The van der Waals surface area contributed by atoms with Crippen molar-refractivity contribution in [2.75, 3.05) is 20.1 Å². The summed E-state index contributed by atoms with van der Waals surface area (Å²) in [4.78, 5) is 16.8. The summed E-state index contributed by atoms with van der Waals surface area (Å²) < 4.78 is 0. The van der Waals surface area contributed by atoms with E-state index in [1.807, 2.05) is 30.3 Å². The highest BCUT2D eigenvalue weighted by Gasteiger charge is 2.22.